The van der Waals surface area contributed by atoms with Crippen molar-refractivity contribution in [2.45, 2.75) is 25.9 Å². The Bertz CT molecular complexity index is 731. The fraction of sp³-hybridized carbons (Fsp3) is 0.438. The predicted molar refractivity (Wildman–Crippen MR) is 88.3 cm³/mol. The van der Waals surface area contributed by atoms with Crippen molar-refractivity contribution >= 4 is 23.2 Å². The number of piperidine rings is 1. The van der Waals surface area contributed by atoms with E-state index in [4.69, 9.17) is 10.3 Å². The van der Waals surface area contributed by atoms with Gasteiger partial charge >= 0.3 is 0 Å². The van der Waals surface area contributed by atoms with Gasteiger partial charge in [0.05, 0.1) is 4.88 Å². The van der Waals surface area contributed by atoms with Crippen molar-refractivity contribution in [2.75, 3.05) is 13.1 Å². The highest BCUT2D eigenvalue weighted by molar-refractivity contribution is 7.13. The Morgan fingerprint density at radius 2 is 2.17 bits per heavy atom. The number of primary amides is 1. The number of hydrogen-bond donors (Lipinski definition) is 2. The standard InChI is InChI=1S/C16H19N3O4S/c1-9(20)14-12(13(18-23-14)11-3-2-8-24-11)16(22)19-6-4-10(5-7-19)15(17)21/h2-3,8-10,20H,4-7H2,1H3,(H2,17,21). The summed E-state index contributed by atoms with van der Waals surface area (Å²) in [4.78, 5) is 26.7. The Morgan fingerprint density at radius 1 is 1.46 bits per heavy atom. The van der Waals surface area contributed by atoms with Crippen LogP contribution in [0.2, 0.25) is 0 Å². The SMILES string of the molecule is CC(O)c1onc(-c2cccs2)c1C(=O)N1CCC(C(N)=O)CC1. The molecule has 1 atom stereocenters. The normalized spacial score (nSPS) is 17.0. The zero-order chi connectivity index (χ0) is 17.3. The third kappa shape index (κ3) is 3.07. The van der Waals surface area contributed by atoms with Crippen molar-refractivity contribution in [3.8, 4) is 10.6 Å². The molecule has 0 spiro atoms. The van der Waals surface area contributed by atoms with Crippen molar-refractivity contribution < 1.29 is 19.2 Å². The molecule has 2 aromatic rings. The van der Waals surface area contributed by atoms with Crippen LogP contribution in [-0.2, 0) is 4.79 Å². The predicted octanol–water partition coefficient (Wildman–Crippen LogP) is 1.79. The molecule has 128 valence electrons. The van der Waals surface area contributed by atoms with Gasteiger partial charge in [0.1, 0.15) is 17.4 Å². The largest absolute Gasteiger partial charge is 0.385 e. The van der Waals surface area contributed by atoms with Crippen LogP contribution >= 0.6 is 11.3 Å². The highest BCUT2D eigenvalue weighted by Gasteiger charge is 2.33. The summed E-state index contributed by atoms with van der Waals surface area (Å²) in [5, 5.41) is 15.8. The molecule has 3 heterocycles. The first-order valence-corrected chi connectivity index (χ1v) is 8.67. The van der Waals surface area contributed by atoms with Crippen molar-refractivity contribution in [2.24, 2.45) is 11.7 Å². The van der Waals surface area contributed by atoms with Crippen LogP contribution in [-0.4, -0.2) is 40.1 Å². The van der Waals surface area contributed by atoms with Gasteiger partial charge in [-0.25, -0.2) is 0 Å². The minimum atomic E-state index is -0.937. The lowest BCUT2D eigenvalue weighted by Crippen LogP contribution is -2.42. The Hall–Kier alpha value is -2.19. The van der Waals surface area contributed by atoms with E-state index in [0.717, 1.165) is 4.88 Å². The van der Waals surface area contributed by atoms with Gasteiger partial charge in [-0.2, -0.15) is 0 Å². The van der Waals surface area contributed by atoms with Crippen molar-refractivity contribution in [3.05, 3.63) is 28.8 Å². The molecule has 2 aromatic heterocycles. The number of rotatable bonds is 4. The van der Waals surface area contributed by atoms with Gasteiger partial charge < -0.3 is 20.3 Å². The van der Waals surface area contributed by atoms with E-state index in [1.165, 1.54) is 18.3 Å². The number of carbonyl (C=O) groups is 2. The van der Waals surface area contributed by atoms with Crippen molar-refractivity contribution in [3.63, 3.8) is 0 Å². The van der Waals surface area contributed by atoms with Gasteiger partial charge in [0.2, 0.25) is 5.91 Å². The molecule has 1 unspecified atom stereocenters. The molecular weight excluding hydrogens is 330 g/mol. The summed E-state index contributed by atoms with van der Waals surface area (Å²) >= 11 is 1.45. The minimum Gasteiger partial charge on any atom is -0.385 e. The molecule has 0 bridgehead atoms. The summed E-state index contributed by atoms with van der Waals surface area (Å²) in [7, 11) is 0. The van der Waals surface area contributed by atoms with E-state index in [2.05, 4.69) is 5.16 Å². The fourth-order valence-corrected chi connectivity index (χ4v) is 3.61. The quantitative estimate of drug-likeness (QED) is 0.874. The summed E-state index contributed by atoms with van der Waals surface area (Å²) in [6.45, 7) is 2.43. The van der Waals surface area contributed by atoms with E-state index >= 15 is 0 Å². The van der Waals surface area contributed by atoms with Crippen LogP contribution in [0.1, 0.15) is 42.0 Å². The monoisotopic (exact) mass is 349 g/mol. The first-order valence-electron chi connectivity index (χ1n) is 7.79. The first kappa shape index (κ1) is 16.7. The molecule has 1 aliphatic rings. The van der Waals surface area contributed by atoms with E-state index in [1.54, 1.807) is 4.90 Å². The van der Waals surface area contributed by atoms with Crippen LogP contribution in [0, 0.1) is 5.92 Å². The number of amides is 2. The van der Waals surface area contributed by atoms with Gasteiger partial charge in [-0.05, 0) is 31.2 Å². The highest BCUT2D eigenvalue weighted by atomic mass is 32.1. The Kier molecular flexibility index (Phi) is 4.68. The van der Waals surface area contributed by atoms with Gasteiger partial charge in [0, 0.05) is 19.0 Å². The van der Waals surface area contributed by atoms with Crippen LogP contribution in [0.25, 0.3) is 10.6 Å². The Balaban J connectivity index is 1.89. The van der Waals surface area contributed by atoms with Crippen LogP contribution in [0.15, 0.2) is 22.0 Å². The number of nitrogens with two attached hydrogens (primary N) is 1. The molecule has 0 aromatic carbocycles. The van der Waals surface area contributed by atoms with Gasteiger partial charge in [-0.15, -0.1) is 11.3 Å². The van der Waals surface area contributed by atoms with Gasteiger partial charge in [0.25, 0.3) is 5.91 Å². The van der Waals surface area contributed by atoms with E-state index in [9.17, 15) is 14.7 Å². The second kappa shape index (κ2) is 6.74. The molecule has 1 fully saturated rings. The molecular formula is C16H19N3O4S. The lowest BCUT2D eigenvalue weighted by molar-refractivity contribution is -0.123. The molecule has 24 heavy (non-hydrogen) atoms. The number of hydrogen-bond acceptors (Lipinski definition) is 6. The van der Waals surface area contributed by atoms with E-state index in [0.29, 0.717) is 37.2 Å². The average molecular weight is 349 g/mol. The first-order chi connectivity index (χ1) is 11.5. The van der Waals surface area contributed by atoms with Gasteiger partial charge in [-0.3, -0.25) is 9.59 Å². The number of aliphatic hydroxyl groups is 1. The third-order valence-corrected chi connectivity index (χ3v) is 5.13. The fourth-order valence-electron chi connectivity index (χ4n) is 2.90. The maximum Gasteiger partial charge on any atom is 0.259 e. The zero-order valence-electron chi connectivity index (χ0n) is 13.3. The zero-order valence-corrected chi connectivity index (χ0v) is 14.1. The summed E-state index contributed by atoms with van der Waals surface area (Å²) in [6, 6.07) is 3.72. The molecule has 0 saturated carbocycles. The lowest BCUT2D eigenvalue weighted by Gasteiger charge is -2.30. The number of nitrogens with zero attached hydrogens (tertiary/aromatic N) is 2. The Labute approximate surface area is 143 Å². The minimum absolute atomic E-state index is 0.167. The van der Waals surface area contributed by atoms with Crippen molar-refractivity contribution in [1.82, 2.24) is 10.1 Å². The summed E-state index contributed by atoms with van der Waals surface area (Å²) < 4.78 is 5.24. The number of aromatic nitrogens is 1. The molecule has 1 aliphatic heterocycles. The molecule has 3 N–H and O–H groups in total. The molecule has 3 rings (SSSR count). The summed E-state index contributed by atoms with van der Waals surface area (Å²) in [5.74, 6) is -0.584. The second-order valence-corrected chi connectivity index (χ2v) is 6.84. The van der Waals surface area contributed by atoms with Crippen LogP contribution in [0.5, 0.6) is 0 Å². The smallest absolute Gasteiger partial charge is 0.259 e. The molecule has 8 heteroatoms. The second-order valence-electron chi connectivity index (χ2n) is 5.89. The number of likely N-dealkylation sites (tertiary alicyclic amines) is 1. The maximum atomic E-state index is 13.0. The lowest BCUT2D eigenvalue weighted by atomic mass is 9.95. The third-order valence-electron chi connectivity index (χ3n) is 4.25. The molecule has 2 amide bonds. The number of aliphatic hydroxyl groups excluding tert-OH is 1. The summed E-state index contributed by atoms with van der Waals surface area (Å²) in [6.07, 6.45) is 0.156. The molecule has 7 nitrogen and oxygen atoms in total. The van der Waals surface area contributed by atoms with Crippen LogP contribution in [0.3, 0.4) is 0 Å². The van der Waals surface area contributed by atoms with E-state index < -0.39 is 6.10 Å². The topological polar surface area (TPSA) is 110 Å². The van der Waals surface area contributed by atoms with E-state index in [-0.39, 0.29) is 23.5 Å². The molecule has 0 aliphatic carbocycles. The average Bonchev–Trinajstić information content (AvgIpc) is 3.23. The van der Waals surface area contributed by atoms with Crippen LogP contribution in [0.4, 0.5) is 0 Å². The highest BCUT2D eigenvalue weighted by Crippen LogP contribution is 2.33. The molecule has 1 saturated heterocycles. The van der Waals surface area contributed by atoms with Gasteiger partial charge in [0.15, 0.2) is 5.76 Å². The van der Waals surface area contributed by atoms with Crippen molar-refractivity contribution in [1.29, 1.82) is 0 Å². The van der Waals surface area contributed by atoms with E-state index in [1.807, 2.05) is 17.5 Å². The maximum absolute atomic E-state index is 13.0. The number of carbonyl (C=O) groups excluding carboxylic acids is 2. The Morgan fingerprint density at radius 3 is 2.71 bits per heavy atom. The number of thiophene rings is 1. The molecule has 0 radical (unpaired) electrons. The van der Waals surface area contributed by atoms with Crippen LogP contribution < -0.4 is 5.73 Å². The summed E-state index contributed by atoms with van der Waals surface area (Å²) in [5.41, 5.74) is 6.08. The van der Waals surface area contributed by atoms with Gasteiger partial charge in [-0.1, -0.05) is 11.2 Å².